The van der Waals surface area contributed by atoms with Gasteiger partial charge < -0.3 is 10.2 Å². The Morgan fingerprint density at radius 2 is 1.88 bits per heavy atom. The lowest BCUT2D eigenvalue weighted by atomic mass is 10.2. The minimum absolute atomic E-state index is 0.341. The molecule has 1 aromatic heterocycles. The van der Waals surface area contributed by atoms with E-state index in [0.29, 0.717) is 12.0 Å². The van der Waals surface area contributed by atoms with Crippen LogP contribution < -0.4 is 10.2 Å². The molecule has 17 heavy (non-hydrogen) atoms. The molecule has 4 nitrogen and oxygen atoms in total. The Morgan fingerprint density at radius 3 is 2.35 bits per heavy atom. The van der Waals surface area contributed by atoms with Gasteiger partial charge in [-0.25, -0.2) is 9.97 Å². The van der Waals surface area contributed by atoms with Crippen LogP contribution in [0.25, 0.3) is 0 Å². The zero-order chi connectivity index (χ0) is 13.0. The Morgan fingerprint density at radius 1 is 1.24 bits per heavy atom. The number of anilines is 2. The number of hydrogen-bond donors (Lipinski definition) is 1. The third-order valence-electron chi connectivity index (χ3n) is 2.74. The van der Waals surface area contributed by atoms with Crippen LogP contribution in [0.15, 0.2) is 6.07 Å². The molecule has 0 saturated heterocycles. The van der Waals surface area contributed by atoms with Gasteiger partial charge in [0.15, 0.2) is 0 Å². The van der Waals surface area contributed by atoms with Crippen LogP contribution >= 0.6 is 0 Å². The third-order valence-corrected chi connectivity index (χ3v) is 2.74. The first-order valence-electron chi connectivity index (χ1n) is 6.31. The van der Waals surface area contributed by atoms with Gasteiger partial charge in [-0.1, -0.05) is 13.8 Å². The maximum Gasteiger partial charge on any atom is 0.135 e. The van der Waals surface area contributed by atoms with E-state index in [1.165, 1.54) is 0 Å². The minimum Gasteiger partial charge on any atom is -0.370 e. The Hall–Kier alpha value is -1.32. The lowest BCUT2D eigenvalue weighted by Gasteiger charge is -2.24. The first-order valence-corrected chi connectivity index (χ1v) is 6.31. The molecule has 0 unspecified atom stereocenters. The molecule has 1 rings (SSSR count). The van der Waals surface area contributed by atoms with Gasteiger partial charge in [0.1, 0.15) is 17.5 Å². The van der Waals surface area contributed by atoms with Gasteiger partial charge in [-0.2, -0.15) is 0 Å². The van der Waals surface area contributed by atoms with Crippen molar-refractivity contribution in [1.29, 1.82) is 0 Å². The van der Waals surface area contributed by atoms with Crippen molar-refractivity contribution in [2.75, 3.05) is 23.8 Å². The van der Waals surface area contributed by atoms with E-state index in [-0.39, 0.29) is 0 Å². The second kappa shape index (κ2) is 5.84. The average molecular weight is 236 g/mol. The molecular weight excluding hydrogens is 212 g/mol. The van der Waals surface area contributed by atoms with E-state index in [2.05, 4.69) is 61.9 Å². The van der Waals surface area contributed by atoms with Crippen LogP contribution in [0.3, 0.4) is 0 Å². The minimum atomic E-state index is 0.341. The average Bonchev–Trinajstić information content (AvgIpc) is 2.27. The fraction of sp³-hybridized carbons (Fsp3) is 0.692. The van der Waals surface area contributed by atoms with Crippen molar-refractivity contribution in [2.45, 2.75) is 46.6 Å². The molecule has 0 fully saturated rings. The highest BCUT2D eigenvalue weighted by molar-refractivity contribution is 5.49. The normalized spacial score (nSPS) is 11.1. The number of rotatable bonds is 5. The van der Waals surface area contributed by atoms with E-state index in [1.54, 1.807) is 0 Å². The van der Waals surface area contributed by atoms with Gasteiger partial charge in [0, 0.05) is 31.6 Å². The van der Waals surface area contributed by atoms with Crippen LogP contribution in [-0.2, 0) is 0 Å². The van der Waals surface area contributed by atoms with E-state index in [9.17, 15) is 0 Å². The molecule has 1 heterocycles. The maximum atomic E-state index is 4.61. The largest absolute Gasteiger partial charge is 0.370 e. The molecule has 0 bridgehead atoms. The zero-order valence-corrected chi connectivity index (χ0v) is 11.8. The lowest BCUT2D eigenvalue weighted by Crippen LogP contribution is -2.27. The van der Waals surface area contributed by atoms with E-state index in [4.69, 9.17) is 0 Å². The van der Waals surface area contributed by atoms with Gasteiger partial charge in [0.05, 0.1) is 0 Å². The summed E-state index contributed by atoms with van der Waals surface area (Å²) >= 11 is 0. The molecule has 0 aromatic carbocycles. The Kier molecular flexibility index (Phi) is 4.73. The second-order valence-corrected chi connectivity index (χ2v) is 4.86. The van der Waals surface area contributed by atoms with Gasteiger partial charge >= 0.3 is 0 Å². The molecule has 96 valence electrons. The summed E-state index contributed by atoms with van der Waals surface area (Å²) in [5.41, 5.74) is 0. The molecule has 0 spiro atoms. The van der Waals surface area contributed by atoms with E-state index >= 15 is 0 Å². The monoisotopic (exact) mass is 236 g/mol. The predicted molar refractivity (Wildman–Crippen MR) is 73.8 cm³/mol. The van der Waals surface area contributed by atoms with Crippen molar-refractivity contribution >= 4 is 11.6 Å². The summed E-state index contributed by atoms with van der Waals surface area (Å²) in [7, 11) is 2.06. The van der Waals surface area contributed by atoms with Crippen molar-refractivity contribution in [3.63, 3.8) is 0 Å². The smallest absolute Gasteiger partial charge is 0.135 e. The first-order chi connectivity index (χ1) is 7.95. The fourth-order valence-corrected chi connectivity index (χ4v) is 1.43. The highest BCUT2D eigenvalue weighted by atomic mass is 15.2. The molecule has 0 aliphatic carbocycles. The quantitative estimate of drug-likeness (QED) is 0.853. The van der Waals surface area contributed by atoms with Gasteiger partial charge in [-0.15, -0.1) is 0 Å². The highest BCUT2D eigenvalue weighted by Crippen LogP contribution is 2.20. The SMILES string of the molecule is CCNc1cc(N(C)C(C)C)nc(C(C)C)n1. The number of aromatic nitrogens is 2. The molecular formula is C13H24N4. The molecule has 0 saturated carbocycles. The summed E-state index contributed by atoms with van der Waals surface area (Å²) in [6.45, 7) is 11.5. The van der Waals surface area contributed by atoms with E-state index in [0.717, 1.165) is 24.0 Å². The lowest BCUT2D eigenvalue weighted by molar-refractivity contribution is 0.719. The van der Waals surface area contributed by atoms with Gasteiger partial charge in [-0.05, 0) is 20.8 Å². The number of hydrogen-bond acceptors (Lipinski definition) is 4. The third kappa shape index (κ3) is 3.58. The summed E-state index contributed by atoms with van der Waals surface area (Å²) in [6.07, 6.45) is 0. The predicted octanol–water partition coefficient (Wildman–Crippen LogP) is 2.88. The molecule has 0 radical (unpaired) electrons. The Bertz CT molecular complexity index is 360. The Balaban J connectivity index is 3.11. The highest BCUT2D eigenvalue weighted by Gasteiger charge is 2.12. The standard InChI is InChI=1S/C13H24N4/c1-7-14-11-8-12(17(6)10(4)5)16-13(15-11)9(2)3/h8-10H,7H2,1-6H3,(H,14,15,16). The summed E-state index contributed by atoms with van der Waals surface area (Å²) in [4.78, 5) is 11.3. The van der Waals surface area contributed by atoms with Gasteiger partial charge in [-0.3, -0.25) is 0 Å². The van der Waals surface area contributed by atoms with Crippen LogP contribution in [0.2, 0.25) is 0 Å². The summed E-state index contributed by atoms with van der Waals surface area (Å²) in [6, 6.07) is 2.44. The van der Waals surface area contributed by atoms with Crippen molar-refractivity contribution < 1.29 is 0 Å². The molecule has 1 aromatic rings. The molecule has 4 heteroatoms. The van der Waals surface area contributed by atoms with Crippen molar-refractivity contribution in [3.8, 4) is 0 Å². The molecule has 1 N–H and O–H groups in total. The first kappa shape index (κ1) is 13.7. The van der Waals surface area contributed by atoms with Gasteiger partial charge in [0.25, 0.3) is 0 Å². The van der Waals surface area contributed by atoms with Crippen LogP contribution in [-0.4, -0.2) is 29.6 Å². The summed E-state index contributed by atoms with van der Waals surface area (Å²) in [5.74, 6) is 3.13. The topological polar surface area (TPSA) is 41.0 Å². The zero-order valence-electron chi connectivity index (χ0n) is 11.8. The number of nitrogens with zero attached hydrogens (tertiary/aromatic N) is 3. The van der Waals surface area contributed by atoms with Crippen molar-refractivity contribution in [2.24, 2.45) is 0 Å². The second-order valence-electron chi connectivity index (χ2n) is 4.86. The van der Waals surface area contributed by atoms with E-state index < -0.39 is 0 Å². The van der Waals surface area contributed by atoms with E-state index in [1.807, 2.05) is 6.07 Å². The van der Waals surface area contributed by atoms with Crippen molar-refractivity contribution in [3.05, 3.63) is 11.9 Å². The Labute approximate surface area is 104 Å². The molecule has 0 amide bonds. The van der Waals surface area contributed by atoms with Gasteiger partial charge in [0.2, 0.25) is 0 Å². The fourth-order valence-electron chi connectivity index (χ4n) is 1.43. The number of nitrogens with one attached hydrogen (secondary N) is 1. The molecule has 0 atom stereocenters. The van der Waals surface area contributed by atoms with Crippen LogP contribution in [0.5, 0.6) is 0 Å². The van der Waals surface area contributed by atoms with Crippen LogP contribution in [0.1, 0.15) is 46.4 Å². The molecule has 0 aliphatic rings. The summed E-state index contributed by atoms with van der Waals surface area (Å²) < 4.78 is 0. The van der Waals surface area contributed by atoms with Crippen LogP contribution in [0.4, 0.5) is 11.6 Å². The van der Waals surface area contributed by atoms with Crippen LogP contribution in [0, 0.1) is 0 Å². The van der Waals surface area contributed by atoms with Crippen molar-refractivity contribution in [1.82, 2.24) is 9.97 Å². The maximum absolute atomic E-state index is 4.61. The summed E-state index contributed by atoms with van der Waals surface area (Å²) in [5, 5.41) is 3.26. The molecule has 0 aliphatic heterocycles.